The number of pyridine rings is 1. The molecular formula is C9H9BrN4O2S. The van der Waals surface area contributed by atoms with Gasteiger partial charge in [-0.3, -0.25) is 9.55 Å². The van der Waals surface area contributed by atoms with Gasteiger partial charge in [0.25, 0.3) is 0 Å². The Bertz CT molecular complexity index is 648. The number of aromatic nitrogens is 4. The minimum Gasteiger partial charge on any atom is -0.300 e. The van der Waals surface area contributed by atoms with E-state index in [1.807, 2.05) is 0 Å². The summed E-state index contributed by atoms with van der Waals surface area (Å²) in [5.41, 5.74) is 0.568. The molecule has 0 unspecified atom stereocenters. The van der Waals surface area contributed by atoms with Gasteiger partial charge in [-0.2, -0.15) is 0 Å². The van der Waals surface area contributed by atoms with Crippen LogP contribution in [0.5, 0.6) is 0 Å². The highest BCUT2D eigenvalue weighted by molar-refractivity contribution is 9.10. The third-order valence-electron chi connectivity index (χ3n) is 2.12. The second kappa shape index (κ2) is 4.19. The minimum absolute atomic E-state index is 0.0720. The number of hydrogen-bond acceptors (Lipinski definition) is 5. The zero-order chi connectivity index (χ0) is 12.6. The van der Waals surface area contributed by atoms with Crippen LogP contribution in [0.25, 0.3) is 11.5 Å². The van der Waals surface area contributed by atoms with Gasteiger partial charge in [-0.1, -0.05) is 0 Å². The van der Waals surface area contributed by atoms with E-state index in [1.165, 1.54) is 4.57 Å². The Kier molecular flexibility index (Phi) is 3.00. The number of hydrogen-bond donors (Lipinski definition) is 0. The Morgan fingerprint density at radius 3 is 2.47 bits per heavy atom. The summed E-state index contributed by atoms with van der Waals surface area (Å²) in [7, 11) is -1.78. The van der Waals surface area contributed by atoms with Crippen LogP contribution >= 0.6 is 15.9 Å². The highest BCUT2D eigenvalue weighted by Gasteiger charge is 2.19. The smallest absolute Gasteiger partial charge is 0.249 e. The zero-order valence-corrected chi connectivity index (χ0v) is 11.5. The molecule has 2 heterocycles. The summed E-state index contributed by atoms with van der Waals surface area (Å²) in [5, 5.41) is 7.43. The van der Waals surface area contributed by atoms with E-state index in [2.05, 4.69) is 31.1 Å². The molecule has 0 N–H and O–H groups in total. The lowest BCUT2D eigenvalue weighted by atomic mass is 10.3. The number of sulfone groups is 1. The molecule has 6 nitrogen and oxygen atoms in total. The van der Waals surface area contributed by atoms with E-state index < -0.39 is 9.84 Å². The topological polar surface area (TPSA) is 77.7 Å². The van der Waals surface area contributed by atoms with Gasteiger partial charge in [0, 0.05) is 24.0 Å². The fourth-order valence-corrected chi connectivity index (χ4v) is 2.38. The summed E-state index contributed by atoms with van der Waals surface area (Å²) in [6, 6.07) is 3.54. The van der Waals surface area contributed by atoms with Gasteiger partial charge in [0.05, 0.1) is 0 Å². The number of rotatable bonds is 2. The standard InChI is InChI=1S/C9H9BrN4O2S/c1-14-8(7-4-3-6(10)5-11-7)12-13-9(14)17(2,15)16/h3-5H,1-2H3. The molecule has 0 aromatic carbocycles. The lowest BCUT2D eigenvalue weighted by Crippen LogP contribution is -2.06. The van der Waals surface area contributed by atoms with Gasteiger partial charge < -0.3 is 0 Å². The number of halogens is 1. The molecule has 0 radical (unpaired) electrons. The highest BCUT2D eigenvalue weighted by atomic mass is 79.9. The van der Waals surface area contributed by atoms with E-state index in [4.69, 9.17) is 0 Å². The van der Waals surface area contributed by atoms with Crippen molar-refractivity contribution < 1.29 is 8.42 Å². The van der Waals surface area contributed by atoms with Crippen LogP contribution in [0.2, 0.25) is 0 Å². The molecule has 2 aromatic rings. The van der Waals surface area contributed by atoms with E-state index in [0.29, 0.717) is 11.5 Å². The van der Waals surface area contributed by atoms with Crippen LogP contribution in [0.15, 0.2) is 28.0 Å². The molecule has 0 atom stereocenters. The van der Waals surface area contributed by atoms with Crippen molar-refractivity contribution in [3.05, 3.63) is 22.8 Å². The molecule has 0 spiro atoms. The lowest BCUT2D eigenvalue weighted by Gasteiger charge is -2.01. The predicted octanol–water partition coefficient (Wildman–Crippen LogP) is 1.04. The molecule has 0 saturated carbocycles. The monoisotopic (exact) mass is 316 g/mol. The van der Waals surface area contributed by atoms with E-state index >= 15 is 0 Å². The Morgan fingerprint density at radius 2 is 2.00 bits per heavy atom. The van der Waals surface area contributed by atoms with Crippen LogP contribution in [-0.2, 0) is 16.9 Å². The summed E-state index contributed by atoms with van der Waals surface area (Å²) in [5.74, 6) is 0.415. The predicted molar refractivity (Wildman–Crippen MR) is 65.0 cm³/mol. The summed E-state index contributed by atoms with van der Waals surface area (Å²) in [6.07, 6.45) is 2.71. The van der Waals surface area contributed by atoms with Gasteiger partial charge in [-0.15, -0.1) is 10.2 Å². The van der Waals surface area contributed by atoms with Crippen molar-refractivity contribution in [2.75, 3.05) is 6.26 Å². The van der Waals surface area contributed by atoms with Gasteiger partial charge in [0.2, 0.25) is 15.0 Å². The molecule has 90 valence electrons. The van der Waals surface area contributed by atoms with Crippen LogP contribution in [0.1, 0.15) is 0 Å². The van der Waals surface area contributed by atoms with Gasteiger partial charge in [0.1, 0.15) is 5.69 Å². The summed E-state index contributed by atoms with van der Waals surface area (Å²) >= 11 is 3.27. The first-order valence-corrected chi connectivity index (χ1v) is 7.29. The van der Waals surface area contributed by atoms with Crippen molar-refractivity contribution in [2.45, 2.75) is 5.16 Å². The average Bonchev–Trinajstić information content (AvgIpc) is 2.61. The van der Waals surface area contributed by atoms with Gasteiger partial charge >= 0.3 is 0 Å². The normalized spacial score (nSPS) is 11.7. The van der Waals surface area contributed by atoms with Crippen LogP contribution in [0.3, 0.4) is 0 Å². The maximum atomic E-state index is 11.4. The average molecular weight is 317 g/mol. The van der Waals surface area contributed by atoms with Crippen molar-refractivity contribution in [3.8, 4) is 11.5 Å². The van der Waals surface area contributed by atoms with Crippen molar-refractivity contribution in [1.29, 1.82) is 0 Å². The van der Waals surface area contributed by atoms with Crippen LogP contribution < -0.4 is 0 Å². The van der Waals surface area contributed by atoms with Crippen molar-refractivity contribution in [3.63, 3.8) is 0 Å². The maximum absolute atomic E-state index is 11.4. The minimum atomic E-state index is -3.38. The molecule has 0 aliphatic heterocycles. The van der Waals surface area contributed by atoms with E-state index in [1.54, 1.807) is 25.4 Å². The van der Waals surface area contributed by atoms with E-state index in [0.717, 1.165) is 10.7 Å². The van der Waals surface area contributed by atoms with Gasteiger partial charge in [-0.05, 0) is 28.1 Å². The molecule has 0 fully saturated rings. The molecule has 17 heavy (non-hydrogen) atoms. The van der Waals surface area contributed by atoms with Crippen LogP contribution in [-0.4, -0.2) is 34.4 Å². The van der Waals surface area contributed by atoms with Crippen molar-refractivity contribution >= 4 is 25.8 Å². The van der Waals surface area contributed by atoms with Crippen LogP contribution in [0.4, 0.5) is 0 Å². The first-order valence-electron chi connectivity index (χ1n) is 4.61. The third-order valence-corrected chi connectivity index (χ3v) is 3.61. The largest absolute Gasteiger partial charge is 0.300 e. The first kappa shape index (κ1) is 12.2. The fraction of sp³-hybridized carbons (Fsp3) is 0.222. The fourth-order valence-electron chi connectivity index (χ4n) is 1.37. The summed E-state index contributed by atoms with van der Waals surface area (Å²) in [6.45, 7) is 0. The number of nitrogens with zero attached hydrogens (tertiary/aromatic N) is 4. The Balaban J connectivity index is 2.55. The Labute approximate surface area is 107 Å². The third kappa shape index (κ3) is 2.37. The molecule has 2 aromatic heterocycles. The maximum Gasteiger partial charge on any atom is 0.249 e. The quantitative estimate of drug-likeness (QED) is 0.827. The zero-order valence-electron chi connectivity index (χ0n) is 9.12. The molecule has 8 heteroatoms. The second-order valence-corrected chi connectivity index (χ2v) is 6.32. The summed E-state index contributed by atoms with van der Waals surface area (Å²) in [4.78, 5) is 4.14. The second-order valence-electron chi connectivity index (χ2n) is 3.50. The Hall–Kier alpha value is -1.28. The Morgan fingerprint density at radius 1 is 1.29 bits per heavy atom. The first-order chi connectivity index (χ1) is 7.89. The summed E-state index contributed by atoms with van der Waals surface area (Å²) < 4.78 is 25.1. The molecule has 0 aliphatic rings. The molecule has 0 amide bonds. The van der Waals surface area contributed by atoms with Crippen LogP contribution in [0, 0.1) is 0 Å². The molecule has 0 bridgehead atoms. The van der Waals surface area contributed by atoms with Gasteiger partial charge in [0.15, 0.2) is 5.82 Å². The van der Waals surface area contributed by atoms with Crippen molar-refractivity contribution in [1.82, 2.24) is 19.7 Å². The van der Waals surface area contributed by atoms with Gasteiger partial charge in [-0.25, -0.2) is 8.42 Å². The van der Waals surface area contributed by atoms with Crippen molar-refractivity contribution in [2.24, 2.45) is 7.05 Å². The molecular weight excluding hydrogens is 308 g/mol. The SMILES string of the molecule is Cn1c(-c2ccc(Br)cn2)nnc1S(C)(=O)=O. The van der Waals surface area contributed by atoms with E-state index in [9.17, 15) is 8.42 Å². The molecule has 0 saturated heterocycles. The van der Waals surface area contributed by atoms with E-state index in [-0.39, 0.29) is 5.16 Å². The molecule has 2 rings (SSSR count). The molecule has 0 aliphatic carbocycles. The highest BCUT2D eigenvalue weighted by Crippen LogP contribution is 2.18. The lowest BCUT2D eigenvalue weighted by molar-refractivity contribution is 0.584.